The maximum absolute atomic E-state index is 5.99. The van der Waals surface area contributed by atoms with E-state index in [1.54, 1.807) is 0 Å². The molecule has 1 aromatic carbocycles. The van der Waals surface area contributed by atoms with Gasteiger partial charge in [0.1, 0.15) is 5.75 Å². The second-order valence-electron chi connectivity index (χ2n) is 7.83. The lowest BCUT2D eigenvalue weighted by Gasteiger charge is -2.22. The van der Waals surface area contributed by atoms with Crippen molar-refractivity contribution in [3.63, 3.8) is 0 Å². The summed E-state index contributed by atoms with van der Waals surface area (Å²) in [5.74, 6) is 1.04. The number of ether oxygens (including phenoxy) is 1. The van der Waals surface area contributed by atoms with Crippen LogP contribution in [-0.2, 0) is 5.41 Å². The number of hydrogen-bond donors (Lipinski definition) is 1. The number of para-hydroxylation sites is 1. The summed E-state index contributed by atoms with van der Waals surface area (Å²) in [5, 5.41) is 3.52. The van der Waals surface area contributed by atoms with Gasteiger partial charge in [-0.3, -0.25) is 0 Å². The van der Waals surface area contributed by atoms with Crippen molar-refractivity contribution in [2.75, 3.05) is 13.2 Å². The van der Waals surface area contributed by atoms with Crippen molar-refractivity contribution in [2.24, 2.45) is 0 Å². The van der Waals surface area contributed by atoms with Gasteiger partial charge in [-0.2, -0.15) is 0 Å². The summed E-state index contributed by atoms with van der Waals surface area (Å²) in [4.78, 5) is 0. The number of hydrogen-bond acceptors (Lipinski definition) is 2. The molecule has 0 aliphatic carbocycles. The van der Waals surface area contributed by atoms with Crippen LogP contribution >= 0.6 is 0 Å². The first-order chi connectivity index (χ1) is 9.70. The van der Waals surface area contributed by atoms with Crippen LogP contribution in [-0.4, -0.2) is 18.7 Å². The Balaban J connectivity index is 2.28. The minimum Gasteiger partial charge on any atom is -0.493 e. The van der Waals surface area contributed by atoms with Gasteiger partial charge in [0.15, 0.2) is 0 Å². The molecule has 0 bridgehead atoms. The summed E-state index contributed by atoms with van der Waals surface area (Å²) < 4.78 is 5.99. The highest BCUT2D eigenvalue weighted by molar-refractivity contribution is 5.38. The van der Waals surface area contributed by atoms with Gasteiger partial charge in [-0.1, -0.05) is 39.0 Å². The van der Waals surface area contributed by atoms with E-state index < -0.39 is 0 Å². The maximum atomic E-state index is 5.99. The number of unbranched alkanes of at least 4 members (excludes halogenated alkanes) is 2. The lowest BCUT2D eigenvalue weighted by Crippen LogP contribution is -2.36. The highest BCUT2D eigenvalue weighted by atomic mass is 16.5. The van der Waals surface area contributed by atoms with Crippen molar-refractivity contribution in [1.29, 1.82) is 0 Å². The molecule has 0 heterocycles. The molecule has 0 unspecified atom stereocenters. The van der Waals surface area contributed by atoms with Gasteiger partial charge in [0.25, 0.3) is 0 Å². The van der Waals surface area contributed by atoms with Crippen molar-refractivity contribution < 1.29 is 4.74 Å². The second-order valence-corrected chi connectivity index (χ2v) is 7.83. The highest BCUT2D eigenvalue weighted by Crippen LogP contribution is 2.30. The number of benzene rings is 1. The molecule has 21 heavy (non-hydrogen) atoms. The van der Waals surface area contributed by atoms with Crippen LogP contribution in [0.5, 0.6) is 5.75 Å². The predicted octanol–water partition coefficient (Wildman–Crippen LogP) is 4.92. The fourth-order valence-electron chi connectivity index (χ4n) is 2.26. The third-order valence-electron chi connectivity index (χ3n) is 3.43. The molecule has 0 aromatic heterocycles. The Kier molecular flexibility index (Phi) is 6.73. The highest BCUT2D eigenvalue weighted by Gasteiger charge is 2.18. The van der Waals surface area contributed by atoms with Crippen LogP contribution in [0.2, 0.25) is 0 Å². The number of nitrogens with one attached hydrogen (secondary N) is 1. The largest absolute Gasteiger partial charge is 0.493 e. The fourth-order valence-corrected chi connectivity index (χ4v) is 2.26. The van der Waals surface area contributed by atoms with Gasteiger partial charge in [0.05, 0.1) is 6.61 Å². The molecule has 0 spiro atoms. The summed E-state index contributed by atoms with van der Waals surface area (Å²) >= 11 is 0. The summed E-state index contributed by atoms with van der Waals surface area (Å²) in [7, 11) is 0. The Morgan fingerprint density at radius 3 is 2.19 bits per heavy atom. The molecule has 1 aromatic rings. The zero-order valence-corrected chi connectivity index (χ0v) is 14.8. The Bertz CT molecular complexity index is 412. The summed E-state index contributed by atoms with van der Waals surface area (Å²) in [6.07, 6.45) is 3.53. The summed E-state index contributed by atoms with van der Waals surface area (Å²) in [6.45, 7) is 15.2. The topological polar surface area (TPSA) is 21.3 Å². The van der Waals surface area contributed by atoms with Gasteiger partial charge in [-0.25, -0.2) is 0 Å². The molecule has 0 radical (unpaired) electrons. The van der Waals surface area contributed by atoms with E-state index in [0.717, 1.165) is 25.3 Å². The van der Waals surface area contributed by atoms with Crippen LogP contribution in [0.4, 0.5) is 0 Å². The zero-order valence-electron chi connectivity index (χ0n) is 14.8. The average Bonchev–Trinajstić information content (AvgIpc) is 2.35. The minimum absolute atomic E-state index is 0.132. The molecule has 120 valence electrons. The molecule has 0 aliphatic rings. The first-order valence-electron chi connectivity index (χ1n) is 8.17. The van der Waals surface area contributed by atoms with Gasteiger partial charge < -0.3 is 10.1 Å². The monoisotopic (exact) mass is 291 g/mol. The normalized spacial score (nSPS) is 12.5. The van der Waals surface area contributed by atoms with E-state index in [1.165, 1.54) is 18.4 Å². The Labute approximate surface area is 131 Å². The standard InChI is InChI=1S/C19H33NO/c1-18(2,3)16-12-8-9-13-17(16)21-15-11-7-10-14-20-19(4,5)6/h8-9,12-13,20H,7,10-11,14-15H2,1-6H3. The molecule has 0 fully saturated rings. The average molecular weight is 291 g/mol. The molecule has 0 saturated carbocycles. The molecular formula is C19H33NO. The van der Waals surface area contributed by atoms with Crippen molar-refractivity contribution in [1.82, 2.24) is 5.32 Å². The van der Waals surface area contributed by atoms with Crippen LogP contribution < -0.4 is 10.1 Å². The third kappa shape index (κ3) is 7.52. The van der Waals surface area contributed by atoms with Crippen LogP contribution in [0.1, 0.15) is 66.4 Å². The van der Waals surface area contributed by atoms with Gasteiger partial charge in [0.2, 0.25) is 0 Å². The zero-order chi connectivity index (χ0) is 15.9. The van der Waals surface area contributed by atoms with Gasteiger partial charge in [-0.05, 0) is 63.6 Å². The smallest absolute Gasteiger partial charge is 0.123 e. The lowest BCUT2D eigenvalue weighted by atomic mass is 9.86. The van der Waals surface area contributed by atoms with Crippen LogP contribution in [0.25, 0.3) is 0 Å². The molecule has 2 heteroatoms. The van der Waals surface area contributed by atoms with Crippen LogP contribution in [0, 0.1) is 0 Å². The molecule has 2 nitrogen and oxygen atoms in total. The number of rotatable bonds is 7. The molecule has 0 aliphatic heterocycles. The first-order valence-corrected chi connectivity index (χ1v) is 8.17. The van der Waals surface area contributed by atoms with Gasteiger partial charge >= 0.3 is 0 Å². The second kappa shape index (κ2) is 7.84. The van der Waals surface area contributed by atoms with Gasteiger partial charge in [0, 0.05) is 5.54 Å². The van der Waals surface area contributed by atoms with E-state index in [2.05, 4.69) is 71.1 Å². The van der Waals surface area contributed by atoms with Crippen LogP contribution in [0.15, 0.2) is 24.3 Å². The molecule has 0 saturated heterocycles. The van der Waals surface area contributed by atoms with Crippen molar-refractivity contribution >= 4 is 0 Å². The fraction of sp³-hybridized carbons (Fsp3) is 0.684. The minimum atomic E-state index is 0.132. The Morgan fingerprint density at radius 1 is 0.905 bits per heavy atom. The molecule has 1 rings (SSSR count). The Morgan fingerprint density at radius 2 is 1.57 bits per heavy atom. The molecule has 0 amide bonds. The van der Waals surface area contributed by atoms with Gasteiger partial charge in [-0.15, -0.1) is 0 Å². The quantitative estimate of drug-likeness (QED) is 0.720. The van der Waals surface area contributed by atoms with Crippen molar-refractivity contribution in [3.05, 3.63) is 29.8 Å². The van der Waals surface area contributed by atoms with E-state index in [9.17, 15) is 0 Å². The molecular weight excluding hydrogens is 258 g/mol. The Hall–Kier alpha value is -1.02. The van der Waals surface area contributed by atoms with Crippen LogP contribution in [0.3, 0.4) is 0 Å². The van der Waals surface area contributed by atoms with E-state index >= 15 is 0 Å². The summed E-state index contributed by atoms with van der Waals surface area (Å²) in [5.41, 5.74) is 1.65. The summed E-state index contributed by atoms with van der Waals surface area (Å²) in [6, 6.07) is 8.40. The first kappa shape index (κ1) is 18.0. The SMILES string of the molecule is CC(C)(C)NCCCCCOc1ccccc1C(C)(C)C. The molecule has 0 atom stereocenters. The van der Waals surface area contributed by atoms with E-state index in [-0.39, 0.29) is 11.0 Å². The predicted molar refractivity (Wildman–Crippen MR) is 92.2 cm³/mol. The molecule has 1 N–H and O–H groups in total. The lowest BCUT2D eigenvalue weighted by molar-refractivity contribution is 0.295. The van der Waals surface area contributed by atoms with E-state index in [1.807, 2.05) is 0 Å². The van der Waals surface area contributed by atoms with Crippen molar-refractivity contribution in [2.45, 2.75) is 71.8 Å². The van der Waals surface area contributed by atoms with E-state index in [0.29, 0.717) is 0 Å². The third-order valence-corrected chi connectivity index (χ3v) is 3.43. The maximum Gasteiger partial charge on any atom is 0.123 e. The van der Waals surface area contributed by atoms with Crippen molar-refractivity contribution in [3.8, 4) is 5.75 Å². The van der Waals surface area contributed by atoms with E-state index in [4.69, 9.17) is 4.74 Å².